The Morgan fingerprint density at radius 1 is 1.36 bits per heavy atom. The molecule has 0 aliphatic heterocycles. The zero-order valence-electron chi connectivity index (χ0n) is 13.7. The average Bonchev–Trinajstić information content (AvgIpc) is 3.17. The van der Waals surface area contributed by atoms with Gasteiger partial charge in [-0.3, -0.25) is 9.69 Å². The van der Waals surface area contributed by atoms with Crippen molar-refractivity contribution in [3.05, 3.63) is 47.7 Å². The first kappa shape index (κ1) is 16.3. The summed E-state index contributed by atoms with van der Waals surface area (Å²) in [5.74, 6) is 0.663. The molecule has 1 aliphatic rings. The van der Waals surface area contributed by atoms with Crippen molar-refractivity contribution in [2.75, 3.05) is 4.90 Å². The van der Waals surface area contributed by atoms with Crippen molar-refractivity contribution in [2.45, 2.75) is 36.7 Å². The molecule has 128 valence electrons. The van der Waals surface area contributed by atoms with Crippen LogP contribution in [0, 0.1) is 0 Å². The van der Waals surface area contributed by atoms with E-state index in [4.69, 9.17) is 0 Å². The van der Waals surface area contributed by atoms with Crippen LogP contribution in [0.4, 0.5) is 10.8 Å². The Kier molecular flexibility index (Phi) is 4.54. The molecule has 8 heteroatoms. The van der Waals surface area contributed by atoms with E-state index in [1.807, 2.05) is 35.7 Å². The maximum absolute atomic E-state index is 12.1. The fourth-order valence-electron chi connectivity index (χ4n) is 2.55. The van der Waals surface area contributed by atoms with Gasteiger partial charge in [-0.15, -0.1) is 21.5 Å². The smallest absolute Gasteiger partial charge is 0.230 e. The summed E-state index contributed by atoms with van der Waals surface area (Å²) in [6.45, 7) is 1.56. The number of carbonyl (C=O) groups is 1. The highest BCUT2D eigenvalue weighted by Crippen LogP contribution is 2.38. The molecule has 1 aliphatic carbocycles. The molecule has 6 nitrogen and oxygen atoms in total. The summed E-state index contributed by atoms with van der Waals surface area (Å²) in [4.78, 5) is 18.4. The second-order valence-electron chi connectivity index (χ2n) is 5.85. The number of nitrogens with zero attached hydrogens (tertiary/aromatic N) is 5. The van der Waals surface area contributed by atoms with Crippen molar-refractivity contribution >= 4 is 39.8 Å². The first-order chi connectivity index (χ1) is 12.2. The van der Waals surface area contributed by atoms with Gasteiger partial charge in [0.15, 0.2) is 10.3 Å². The monoisotopic (exact) mass is 371 g/mol. The largest absolute Gasteiger partial charge is 0.306 e. The van der Waals surface area contributed by atoms with Crippen LogP contribution in [0.3, 0.4) is 0 Å². The average molecular weight is 371 g/mol. The van der Waals surface area contributed by atoms with Crippen molar-refractivity contribution < 1.29 is 4.79 Å². The number of rotatable bonds is 6. The highest BCUT2D eigenvalue weighted by Gasteiger charge is 2.26. The minimum absolute atomic E-state index is 0.0479. The van der Waals surface area contributed by atoms with E-state index >= 15 is 0 Å². The molecule has 0 bridgehead atoms. The standard InChI is InChI=1S/C17H17N5OS2/c1-12(23)22(15-5-3-2-4-6-15)16-19-13(9-24-16)10-25-17-20-18-11-21(17)14-7-8-14/h2-6,9,11,14H,7-8,10H2,1H3. The molecule has 1 saturated carbocycles. The number of thiazole rings is 1. The van der Waals surface area contributed by atoms with Crippen LogP contribution in [0.5, 0.6) is 0 Å². The van der Waals surface area contributed by atoms with Crippen molar-refractivity contribution in [3.63, 3.8) is 0 Å². The first-order valence-electron chi connectivity index (χ1n) is 8.05. The van der Waals surface area contributed by atoms with Crippen LogP contribution in [0.2, 0.25) is 0 Å². The maximum Gasteiger partial charge on any atom is 0.230 e. The number of benzene rings is 1. The predicted octanol–water partition coefficient (Wildman–Crippen LogP) is 4.05. The zero-order valence-corrected chi connectivity index (χ0v) is 15.3. The van der Waals surface area contributed by atoms with E-state index in [9.17, 15) is 4.79 Å². The number of aromatic nitrogens is 4. The number of hydrogen-bond donors (Lipinski definition) is 0. The molecule has 2 heterocycles. The van der Waals surface area contributed by atoms with Crippen LogP contribution in [-0.4, -0.2) is 25.7 Å². The predicted molar refractivity (Wildman–Crippen MR) is 99.2 cm³/mol. The molecule has 3 aromatic rings. The second-order valence-corrected chi connectivity index (χ2v) is 7.63. The Hall–Kier alpha value is -2.19. The van der Waals surface area contributed by atoms with E-state index in [1.165, 1.54) is 24.2 Å². The number of carbonyl (C=O) groups excluding carboxylic acids is 1. The third kappa shape index (κ3) is 3.59. The lowest BCUT2D eigenvalue weighted by Crippen LogP contribution is -2.22. The van der Waals surface area contributed by atoms with Crippen LogP contribution >= 0.6 is 23.1 Å². The lowest BCUT2D eigenvalue weighted by Gasteiger charge is -2.17. The van der Waals surface area contributed by atoms with E-state index in [1.54, 1.807) is 29.9 Å². The Bertz CT molecular complexity index is 872. The summed E-state index contributed by atoms with van der Waals surface area (Å²) in [6, 6.07) is 10.2. The molecule has 1 amide bonds. The lowest BCUT2D eigenvalue weighted by atomic mass is 10.3. The molecule has 0 atom stereocenters. The van der Waals surface area contributed by atoms with E-state index in [-0.39, 0.29) is 5.91 Å². The fourth-order valence-corrected chi connectivity index (χ4v) is 4.41. The molecular weight excluding hydrogens is 354 g/mol. The van der Waals surface area contributed by atoms with Crippen LogP contribution in [0.25, 0.3) is 0 Å². The first-order valence-corrected chi connectivity index (χ1v) is 9.91. The molecule has 0 spiro atoms. The number of amides is 1. The Morgan fingerprint density at radius 2 is 2.16 bits per heavy atom. The summed E-state index contributed by atoms with van der Waals surface area (Å²) in [5.41, 5.74) is 1.77. The molecule has 1 fully saturated rings. The summed E-state index contributed by atoms with van der Waals surface area (Å²) in [5, 5.41) is 11.8. The van der Waals surface area contributed by atoms with Crippen LogP contribution in [-0.2, 0) is 10.5 Å². The molecule has 4 rings (SSSR count). The Morgan fingerprint density at radius 3 is 2.88 bits per heavy atom. The highest BCUT2D eigenvalue weighted by atomic mass is 32.2. The molecule has 0 unspecified atom stereocenters. The van der Waals surface area contributed by atoms with E-state index in [0.717, 1.165) is 16.5 Å². The SMILES string of the molecule is CC(=O)N(c1ccccc1)c1nc(CSc2nncn2C2CC2)cs1. The van der Waals surface area contributed by atoms with Gasteiger partial charge in [0.2, 0.25) is 5.91 Å². The number of anilines is 2. The van der Waals surface area contributed by atoms with Crippen molar-refractivity contribution in [2.24, 2.45) is 0 Å². The summed E-state index contributed by atoms with van der Waals surface area (Å²) in [7, 11) is 0. The van der Waals surface area contributed by atoms with Crippen LogP contribution in [0.15, 0.2) is 47.2 Å². The van der Waals surface area contributed by atoms with Gasteiger partial charge in [-0.05, 0) is 25.0 Å². The molecule has 1 aromatic carbocycles. The molecule has 2 aromatic heterocycles. The minimum atomic E-state index is -0.0479. The number of thioether (sulfide) groups is 1. The van der Waals surface area contributed by atoms with Gasteiger partial charge in [-0.2, -0.15) is 0 Å². The third-order valence-corrected chi connectivity index (χ3v) is 5.76. The van der Waals surface area contributed by atoms with E-state index in [0.29, 0.717) is 16.9 Å². The van der Waals surface area contributed by atoms with Crippen LogP contribution in [0.1, 0.15) is 31.5 Å². The molecular formula is C17H17N5OS2. The lowest BCUT2D eigenvalue weighted by molar-refractivity contribution is -0.115. The van der Waals surface area contributed by atoms with Crippen molar-refractivity contribution in [1.82, 2.24) is 19.7 Å². The van der Waals surface area contributed by atoms with Gasteiger partial charge < -0.3 is 4.57 Å². The van der Waals surface area contributed by atoms with Gasteiger partial charge in [-0.1, -0.05) is 30.0 Å². The van der Waals surface area contributed by atoms with Gasteiger partial charge in [0.1, 0.15) is 6.33 Å². The van der Waals surface area contributed by atoms with E-state index in [2.05, 4.69) is 19.7 Å². The Balaban J connectivity index is 1.49. The zero-order chi connectivity index (χ0) is 17.2. The minimum Gasteiger partial charge on any atom is -0.306 e. The topological polar surface area (TPSA) is 63.9 Å². The van der Waals surface area contributed by atoms with Crippen molar-refractivity contribution in [1.29, 1.82) is 0 Å². The van der Waals surface area contributed by atoms with Gasteiger partial charge >= 0.3 is 0 Å². The molecule has 0 radical (unpaired) electrons. The summed E-state index contributed by atoms with van der Waals surface area (Å²) < 4.78 is 2.14. The van der Waals surface area contributed by atoms with Crippen molar-refractivity contribution in [3.8, 4) is 0 Å². The number of hydrogen-bond acceptors (Lipinski definition) is 6. The molecule has 0 saturated heterocycles. The van der Waals surface area contributed by atoms with E-state index < -0.39 is 0 Å². The number of para-hydroxylation sites is 1. The Labute approximate surface area is 153 Å². The summed E-state index contributed by atoms with van der Waals surface area (Å²) >= 11 is 3.11. The van der Waals surface area contributed by atoms with Gasteiger partial charge in [0.25, 0.3) is 0 Å². The summed E-state index contributed by atoms with van der Waals surface area (Å²) in [6.07, 6.45) is 4.22. The molecule has 0 N–H and O–H groups in total. The molecule has 25 heavy (non-hydrogen) atoms. The van der Waals surface area contributed by atoms with Crippen LogP contribution < -0.4 is 4.90 Å². The third-order valence-electron chi connectivity index (χ3n) is 3.89. The maximum atomic E-state index is 12.1. The normalized spacial score (nSPS) is 13.8. The quantitative estimate of drug-likeness (QED) is 0.612. The highest BCUT2D eigenvalue weighted by molar-refractivity contribution is 7.98. The van der Waals surface area contributed by atoms with Gasteiger partial charge in [0, 0.05) is 24.1 Å². The van der Waals surface area contributed by atoms with Gasteiger partial charge in [0.05, 0.1) is 11.4 Å². The van der Waals surface area contributed by atoms with Gasteiger partial charge in [-0.25, -0.2) is 4.98 Å². The second kappa shape index (κ2) is 6.97. The fraction of sp³-hybridized carbons (Fsp3) is 0.294.